The van der Waals surface area contributed by atoms with Crippen molar-refractivity contribution in [1.29, 1.82) is 0 Å². The Hall–Kier alpha value is -1.71. The SMILES string of the molecule is Cn1cccc1CC(=O)CC(=O)C=O. The summed E-state index contributed by atoms with van der Waals surface area (Å²) in [4.78, 5) is 31.9. The molecule has 0 spiro atoms. The van der Waals surface area contributed by atoms with Gasteiger partial charge in [-0.05, 0) is 12.1 Å². The van der Waals surface area contributed by atoms with Crippen LogP contribution in [0.5, 0.6) is 0 Å². The monoisotopic (exact) mass is 193 g/mol. The normalized spacial score (nSPS) is 9.79. The fourth-order valence-electron chi connectivity index (χ4n) is 1.18. The van der Waals surface area contributed by atoms with Crippen molar-refractivity contribution in [2.75, 3.05) is 0 Å². The number of Topliss-reactive ketones (excluding diaryl/α,β-unsaturated/α-hetero) is 2. The number of aryl methyl sites for hydroxylation is 1. The van der Waals surface area contributed by atoms with Crippen molar-refractivity contribution in [2.24, 2.45) is 7.05 Å². The van der Waals surface area contributed by atoms with E-state index in [-0.39, 0.29) is 24.9 Å². The van der Waals surface area contributed by atoms with Crippen molar-refractivity contribution in [2.45, 2.75) is 12.8 Å². The maximum atomic E-state index is 11.2. The predicted octanol–water partition coefficient (Wildman–Crippen LogP) is 0.295. The lowest BCUT2D eigenvalue weighted by molar-refractivity contribution is -0.133. The molecule has 0 bridgehead atoms. The maximum Gasteiger partial charge on any atom is 0.202 e. The molecule has 74 valence electrons. The topological polar surface area (TPSA) is 56.1 Å². The number of rotatable bonds is 5. The summed E-state index contributed by atoms with van der Waals surface area (Å²) in [5.41, 5.74) is 0.841. The zero-order chi connectivity index (χ0) is 10.6. The van der Waals surface area contributed by atoms with E-state index in [1.165, 1.54) is 0 Å². The average molecular weight is 193 g/mol. The van der Waals surface area contributed by atoms with Gasteiger partial charge in [0.15, 0.2) is 6.29 Å². The van der Waals surface area contributed by atoms with Gasteiger partial charge in [-0.25, -0.2) is 0 Å². The largest absolute Gasteiger partial charge is 0.354 e. The van der Waals surface area contributed by atoms with E-state index in [4.69, 9.17) is 0 Å². The fraction of sp³-hybridized carbons (Fsp3) is 0.300. The number of hydrogen-bond acceptors (Lipinski definition) is 3. The lowest BCUT2D eigenvalue weighted by Gasteiger charge is -2.00. The average Bonchev–Trinajstić information content (AvgIpc) is 2.51. The van der Waals surface area contributed by atoms with Crippen molar-refractivity contribution < 1.29 is 14.4 Å². The summed E-state index contributed by atoms with van der Waals surface area (Å²) in [5.74, 6) is -0.895. The molecule has 0 aliphatic carbocycles. The first kappa shape index (κ1) is 10.4. The minimum absolute atomic E-state index is 0.183. The number of carbonyl (C=O) groups is 3. The number of nitrogens with zero attached hydrogens (tertiary/aromatic N) is 1. The first-order chi connectivity index (χ1) is 6.63. The molecule has 4 nitrogen and oxygen atoms in total. The summed E-state index contributed by atoms with van der Waals surface area (Å²) < 4.78 is 1.81. The lowest BCUT2D eigenvalue weighted by atomic mass is 10.1. The molecule has 0 fully saturated rings. The molecule has 1 aromatic rings. The van der Waals surface area contributed by atoms with Gasteiger partial charge in [0.2, 0.25) is 5.78 Å². The van der Waals surface area contributed by atoms with Gasteiger partial charge < -0.3 is 4.57 Å². The summed E-state index contributed by atoms with van der Waals surface area (Å²) in [6, 6.07) is 3.63. The second-order valence-corrected chi connectivity index (χ2v) is 3.09. The highest BCUT2D eigenvalue weighted by Gasteiger charge is 2.10. The third-order valence-electron chi connectivity index (χ3n) is 1.93. The zero-order valence-electron chi connectivity index (χ0n) is 7.90. The quantitative estimate of drug-likeness (QED) is 0.384. The molecule has 4 heteroatoms. The Bertz CT molecular complexity index is 365. The number of carbonyl (C=O) groups excluding carboxylic acids is 3. The third kappa shape index (κ3) is 2.65. The van der Waals surface area contributed by atoms with Gasteiger partial charge in [-0.1, -0.05) is 0 Å². The van der Waals surface area contributed by atoms with Gasteiger partial charge in [-0.3, -0.25) is 14.4 Å². The molecule has 14 heavy (non-hydrogen) atoms. The van der Waals surface area contributed by atoms with Crippen molar-refractivity contribution in [3.05, 3.63) is 24.0 Å². The Morgan fingerprint density at radius 3 is 2.71 bits per heavy atom. The van der Waals surface area contributed by atoms with Gasteiger partial charge in [0.25, 0.3) is 0 Å². The highest BCUT2D eigenvalue weighted by Crippen LogP contribution is 2.02. The van der Waals surface area contributed by atoms with Crippen molar-refractivity contribution in [3.8, 4) is 0 Å². The maximum absolute atomic E-state index is 11.2. The summed E-state index contributed by atoms with van der Waals surface area (Å²) in [5, 5.41) is 0. The van der Waals surface area contributed by atoms with E-state index in [1.54, 1.807) is 0 Å². The van der Waals surface area contributed by atoms with E-state index in [9.17, 15) is 14.4 Å². The Labute approximate surface area is 81.5 Å². The highest BCUT2D eigenvalue weighted by molar-refractivity contribution is 6.29. The van der Waals surface area contributed by atoms with Crippen LogP contribution in [0.15, 0.2) is 18.3 Å². The Kier molecular flexibility index (Phi) is 3.34. The molecule has 0 amide bonds. The molecule has 0 atom stereocenters. The van der Waals surface area contributed by atoms with E-state index >= 15 is 0 Å². The molecular formula is C10H11NO3. The van der Waals surface area contributed by atoms with Crippen molar-refractivity contribution in [1.82, 2.24) is 4.57 Å². The van der Waals surface area contributed by atoms with Crippen LogP contribution in [0.2, 0.25) is 0 Å². The van der Waals surface area contributed by atoms with E-state index in [0.29, 0.717) is 0 Å². The first-order valence-corrected chi connectivity index (χ1v) is 4.23. The van der Waals surface area contributed by atoms with Crippen LogP contribution in [0.25, 0.3) is 0 Å². The summed E-state index contributed by atoms with van der Waals surface area (Å²) in [6.07, 6.45) is 1.91. The molecule has 0 unspecified atom stereocenters. The summed E-state index contributed by atoms with van der Waals surface area (Å²) >= 11 is 0. The van der Waals surface area contributed by atoms with Gasteiger partial charge in [0, 0.05) is 25.4 Å². The molecule has 0 saturated carbocycles. The zero-order valence-corrected chi connectivity index (χ0v) is 7.90. The molecule has 0 aliphatic rings. The third-order valence-corrected chi connectivity index (χ3v) is 1.93. The molecule has 0 radical (unpaired) electrons. The van der Waals surface area contributed by atoms with Gasteiger partial charge in [-0.2, -0.15) is 0 Å². The highest BCUT2D eigenvalue weighted by atomic mass is 16.2. The number of aldehydes is 1. The predicted molar refractivity (Wildman–Crippen MR) is 49.8 cm³/mol. The molecular weight excluding hydrogens is 182 g/mol. The molecule has 0 aromatic carbocycles. The molecule has 0 saturated heterocycles. The van der Waals surface area contributed by atoms with Crippen LogP contribution in [-0.4, -0.2) is 22.4 Å². The van der Waals surface area contributed by atoms with Crippen LogP contribution in [0.3, 0.4) is 0 Å². The van der Waals surface area contributed by atoms with Gasteiger partial charge >= 0.3 is 0 Å². The first-order valence-electron chi connectivity index (χ1n) is 4.23. The van der Waals surface area contributed by atoms with Crippen molar-refractivity contribution in [3.63, 3.8) is 0 Å². The minimum atomic E-state index is -0.663. The Morgan fingerprint density at radius 1 is 1.50 bits per heavy atom. The minimum Gasteiger partial charge on any atom is -0.354 e. The van der Waals surface area contributed by atoms with E-state index < -0.39 is 5.78 Å². The van der Waals surface area contributed by atoms with Crippen LogP contribution >= 0.6 is 0 Å². The molecule has 1 heterocycles. The number of ketones is 2. The van der Waals surface area contributed by atoms with E-state index in [2.05, 4.69) is 0 Å². The van der Waals surface area contributed by atoms with Gasteiger partial charge in [0.1, 0.15) is 5.78 Å². The Morgan fingerprint density at radius 2 is 2.21 bits per heavy atom. The van der Waals surface area contributed by atoms with Crippen LogP contribution in [0.1, 0.15) is 12.1 Å². The molecule has 0 N–H and O–H groups in total. The second kappa shape index (κ2) is 4.50. The van der Waals surface area contributed by atoms with Crippen molar-refractivity contribution >= 4 is 17.9 Å². The van der Waals surface area contributed by atoms with Crippen LogP contribution in [-0.2, 0) is 27.9 Å². The molecule has 1 aromatic heterocycles. The lowest BCUT2D eigenvalue weighted by Crippen LogP contribution is -2.12. The van der Waals surface area contributed by atoms with Crippen LogP contribution in [0, 0.1) is 0 Å². The number of hydrogen-bond donors (Lipinski definition) is 0. The summed E-state index contributed by atoms with van der Waals surface area (Å²) in [7, 11) is 1.82. The van der Waals surface area contributed by atoms with Gasteiger partial charge in [0.05, 0.1) is 6.42 Å². The van der Waals surface area contributed by atoms with Gasteiger partial charge in [-0.15, -0.1) is 0 Å². The van der Waals surface area contributed by atoms with E-state index in [1.807, 2.05) is 29.9 Å². The van der Waals surface area contributed by atoms with E-state index in [0.717, 1.165) is 5.69 Å². The standard InChI is InChI=1S/C10H11NO3/c1-11-4-2-3-8(11)5-9(13)6-10(14)7-12/h2-4,7H,5-6H2,1H3. The van der Waals surface area contributed by atoms with Crippen LogP contribution in [0.4, 0.5) is 0 Å². The molecule has 0 aliphatic heterocycles. The smallest absolute Gasteiger partial charge is 0.202 e. The number of aromatic nitrogens is 1. The Balaban J connectivity index is 2.54. The molecule has 1 rings (SSSR count). The fourth-order valence-corrected chi connectivity index (χ4v) is 1.18. The van der Waals surface area contributed by atoms with Crippen LogP contribution < -0.4 is 0 Å². The summed E-state index contributed by atoms with van der Waals surface area (Å²) in [6.45, 7) is 0. The second-order valence-electron chi connectivity index (χ2n) is 3.09.